The average molecular weight is 253 g/mol. The molecule has 1 aromatic carbocycles. The van der Waals surface area contributed by atoms with Crippen molar-refractivity contribution >= 4 is 5.97 Å². The molecule has 5 nitrogen and oxygen atoms in total. The molecule has 0 saturated heterocycles. The molecule has 1 saturated carbocycles. The minimum absolute atomic E-state index is 0.102. The second kappa shape index (κ2) is 4.36. The molecule has 2 rings (SSSR count). The molecule has 18 heavy (non-hydrogen) atoms. The van der Waals surface area contributed by atoms with Crippen LogP contribution in [0.5, 0.6) is 0 Å². The van der Waals surface area contributed by atoms with Gasteiger partial charge < -0.3 is 4.74 Å². The lowest BCUT2D eigenvalue weighted by atomic mass is 10.1. The number of rotatable bonds is 4. The first-order valence-corrected chi connectivity index (χ1v) is 5.59. The second-order valence-corrected chi connectivity index (χ2v) is 4.21. The monoisotopic (exact) mass is 253 g/mol. The van der Waals surface area contributed by atoms with Crippen LogP contribution in [-0.2, 0) is 9.53 Å². The van der Waals surface area contributed by atoms with Gasteiger partial charge in [0, 0.05) is 11.3 Å². The summed E-state index contributed by atoms with van der Waals surface area (Å²) in [6.07, 6.45) is 0.102. The van der Waals surface area contributed by atoms with Crippen LogP contribution < -0.4 is 0 Å². The number of hydrogen-bond donors (Lipinski definition) is 0. The summed E-state index contributed by atoms with van der Waals surface area (Å²) in [5.74, 6) is -1.77. The van der Waals surface area contributed by atoms with E-state index in [9.17, 15) is 19.3 Å². The van der Waals surface area contributed by atoms with Crippen molar-refractivity contribution in [3.05, 3.63) is 45.8 Å². The Morgan fingerprint density at radius 3 is 2.67 bits per heavy atom. The highest BCUT2D eigenvalue weighted by molar-refractivity contribution is 5.85. The molecular formula is C12H12FNO4. The predicted molar refractivity (Wildman–Crippen MR) is 60.1 cm³/mol. The second-order valence-electron chi connectivity index (χ2n) is 4.21. The maximum atomic E-state index is 12.8. The third kappa shape index (κ3) is 1.83. The molecule has 0 heterocycles. The third-order valence-corrected chi connectivity index (χ3v) is 3.16. The van der Waals surface area contributed by atoms with Crippen LogP contribution in [0.25, 0.3) is 0 Å². The number of esters is 1. The van der Waals surface area contributed by atoms with Crippen LogP contribution in [0.1, 0.15) is 24.8 Å². The summed E-state index contributed by atoms with van der Waals surface area (Å²) in [6, 6.07) is 5.38. The lowest BCUT2D eigenvalue weighted by molar-refractivity contribution is -0.527. The van der Waals surface area contributed by atoms with Crippen molar-refractivity contribution in [3.8, 4) is 0 Å². The van der Waals surface area contributed by atoms with Crippen LogP contribution >= 0.6 is 0 Å². The molecule has 0 bridgehead atoms. The van der Waals surface area contributed by atoms with E-state index in [2.05, 4.69) is 0 Å². The number of nitrogens with zero attached hydrogens (tertiary/aromatic N) is 1. The highest BCUT2D eigenvalue weighted by Crippen LogP contribution is 2.54. The van der Waals surface area contributed by atoms with E-state index in [0.717, 1.165) is 0 Å². The van der Waals surface area contributed by atoms with Crippen LogP contribution in [0.3, 0.4) is 0 Å². The van der Waals surface area contributed by atoms with Crippen LogP contribution in [0, 0.1) is 15.9 Å². The Balaban J connectivity index is 2.25. The topological polar surface area (TPSA) is 69.4 Å². The Labute approximate surface area is 103 Å². The van der Waals surface area contributed by atoms with Gasteiger partial charge in [0.05, 0.1) is 12.5 Å². The first-order valence-electron chi connectivity index (χ1n) is 5.59. The van der Waals surface area contributed by atoms with E-state index < -0.39 is 28.2 Å². The molecule has 2 atom stereocenters. The number of benzene rings is 1. The Kier molecular flexibility index (Phi) is 3.02. The number of ether oxygens (including phenoxy) is 1. The van der Waals surface area contributed by atoms with Crippen LogP contribution in [0.4, 0.5) is 4.39 Å². The van der Waals surface area contributed by atoms with Crippen molar-refractivity contribution in [1.29, 1.82) is 0 Å². The highest BCUT2D eigenvalue weighted by atomic mass is 19.1. The van der Waals surface area contributed by atoms with Gasteiger partial charge in [0.25, 0.3) is 0 Å². The van der Waals surface area contributed by atoms with E-state index in [0.29, 0.717) is 5.56 Å². The van der Waals surface area contributed by atoms with E-state index in [-0.39, 0.29) is 13.0 Å². The summed E-state index contributed by atoms with van der Waals surface area (Å²) in [5.41, 5.74) is -1.10. The summed E-state index contributed by atoms with van der Waals surface area (Å²) in [5, 5.41) is 11.1. The quantitative estimate of drug-likeness (QED) is 0.466. The molecule has 1 fully saturated rings. The zero-order valence-corrected chi connectivity index (χ0v) is 9.76. The fourth-order valence-electron chi connectivity index (χ4n) is 2.10. The Bertz CT molecular complexity index is 487. The van der Waals surface area contributed by atoms with Gasteiger partial charge in [-0.05, 0) is 24.6 Å². The fraction of sp³-hybridized carbons (Fsp3) is 0.417. The van der Waals surface area contributed by atoms with Gasteiger partial charge in [-0.25, -0.2) is 9.18 Å². The fourth-order valence-corrected chi connectivity index (χ4v) is 2.10. The molecule has 0 spiro atoms. The Morgan fingerprint density at radius 2 is 2.17 bits per heavy atom. The number of carbonyl (C=O) groups is 1. The van der Waals surface area contributed by atoms with E-state index >= 15 is 0 Å². The van der Waals surface area contributed by atoms with E-state index in [1.807, 2.05) is 0 Å². The molecule has 1 aromatic rings. The standard InChI is InChI=1S/C12H12FNO4/c1-2-18-11(15)12(14(16)17)7-10(12)8-3-5-9(13)6-4-8/h3-6,10H,2,7H2,1H3. The van der Waals surface area contributed by atoms with Crippen molar-refractivity contribution < 1.29 is 18.8 Å². The molecule has 0 radical (unpaired) electrons. The van der Waals surface area contributed by atoms with Crippen molar-refractivity contribution in [2.75, 3.05) is 6.61 Å². The molecule has 2 unspecified atom stereocenters. The van der Waals surface area contributed by atoms with Crippen molar-refractivity contribution in [2.24, 2.45) is 0 Å². The molecule has 6 heteroatoms. The van der Waals surface area contributed by atoms with Crippen LogP contribution in [-0.4, -0.2) is 23.0 Å². The summed E-state index contributed by atoms with van der Waals surface area (Å²) >= 11 is 0. The lowest BCUT2D eigenvalue weighted by Gasteiger charge is -2.08. The first kappa shape index (κ1) is 12.5. The molecular weight excluding hydrogens is 241 g/mol. The Hall–Kier alpha value is -1.98. The molecule has 0 amide bonds. The summed E-state index contributed by atoms with van der Waals surface area (Å²) in [4.78, 5) is 22.2. The van der Waals surface area contributed by atoms with E-state index in [4.69, 9.17) is 4.74 Å². The highest BCUT2D eigenvalue weighted by Gasteiger charge is 2.74. The molecule has 1 aliphatic carbocycles. The molecule has 96 valence electrons. The predicted octanol–water partition coefficient (Wildman–Crippen LogP) is 1.89. The van der Waals surface area contributed by atoms with Crippen LogP contribution in [0.15, 0.2) is 24.3 Å². The van der Waals surface area contributed by atoms with Crippen molar-refractivity contribution in [1.82, 2.24) is 0 Å². The summed E-state index contributed by atoms with van der Waals surface area (Å²) in [6.45, 7) is 1.70. The number of halogens is 1. The van der Waals surface area contributed by atoms with Gasteiger partial charge in [0.15, 0.2) is 0 Å². The van der Waals surface area contributed by atoms with E-state index in [1.54, 1.807) is 6.92 Å². The summed E-state index contributed by atoms with van der Waals surface area (Å²) in [7, 11) is 0. The van der Waals surface area contributed by atoms with Gasteiger partial charge in [0.2, 0.25) is 0 Å². The number of carbonyl (C=O) groups excluding carboxylic acids is 1. The van der Waals surface area contributed by atoms with Crippen molar-refractivity contribution in [3.63, 3.8) is 0 Å². The maximum absolute atomic E-state index is 12.8. The maximum Gasteiger partial charge on any atom is 0.385 e. The largest absolute Gasteiger partial charge is 0.461 e. The van der Waals surface area contributed by atoms with Gasteiger partial charge >= 0.3 is 11.5 Å². The smallest absolute Gasteiger partial charge is 0.385 e. The average Bonchev–Trinajstić information content (AvgIpc) is 3.07. The third-order valence-electron chi connectivity index (χ3n) is 3.16. The molecule has 1 aliphatic rings. The normalized spacial score (nSPS) is 25.6. The van der Waals surface area contributed by atoms with Crippen LogP contribution in [0.2, 0.25) is 0 Å². The van der Waals surface area contributed by atoms with E-state index in [1.165, 1.54) is 24.3 Å². The molecule has 0 N–H and O–H groups in total. The minimum atomic E-state index is -1.69. The molecule has 0 aromatic heterocycles. The van der Waals surface area contributed by atoms with Gasteiger partial charge in [-0.1, -0.05) is 12.1 Å². The van der Waals surface area contributed by atoms with Gasteiger partial charge in [0.1, 0.15) is 5.82 Å². The van der Waals surface area contributed by atoms with Gasteiger partial charge in [-0.3, -0.25) is 10.1 Å². The van der Waals surface area contributed by atoms with Gasteiger partial charge in [-0.2, -0.15) is 0 Å². The minimum Gasteiger partial charge on any atom is -0.461 e. The summed E-state index contributed by atoms with van der Waals surface area (Å²) < 4.78 is 17.5. The SMILES string of the molecule is CCOC(=O)C1([N+](=O)[O-])CC1c1ccc(F)cc1. The number of nitro groups is 1. The van der Waals surface area contributed by atoms with Crippen molar-refractivity contribution in [2.45, 2.75) is 24.8 Å². The molecule has 0 aliphatic heterocycles. The zero-order valence-electron chi connectivity index (χ0n) is 9.76. The number of hydrogen-bond acceptors (Lipinski definition) is 4. The Morgan fingerprint density at radius 1 is 1.56 bits per heavy atom. The zero-order chi connectivity index (χ0) is 13.3. The lowest BCUT2D eigenvalue weighted by Crippen LogP contribution is -2.35. The van der Waals surface area contributed by atoms with Gasteiger partial charge in [-0.15, -0.1) is 0 Å². The first-order chi connectivity index (χ1) is 8.52.